The molecule has 96 valence electrons. The van der Waals surface area contributed by atoms with Gasteiger partial charge in [-0.2, -0.15) is 0 Å². The van der Waals surface area contributed by atoms with Gasteiger partial charge < -0.3 is 0 Å². The Morgan fingerprint density at radius 2 is 1.42 bits per heavy atom. The highest BCUT2D eigenvalue weighted by molar-refractivity contribution is 8.01. The van der Waals surface area contributed by atoms with Crippen molar-refractivity contribution in [3.05, 3.63) is 66.2 Å². The van der Waals surface area contributed by atoms with Crippen LogP contribution in [0.5, 0.6) is 0 Å². The molecule has 0 bridgehead atoms. The van der Waals surface area contributed by atoms with E-state index < -0.39 is 5.25 Å². The predicted molar refractivity (Wildman–Crippen MR) is 77.5 cm³/mol. The van der Waals surface area contributed by atoms with Crippen molar-refractivity contribution in [1.82, 2.24) is 0 Å². The molecule has 0 aromatic heterocycles. The maximum Gasteiger partial charge on any atom is 0.183 e. The summed E-state index contributed by atoms with van der Waals surface area (Å²) in [5.74, 6) is -0.260. The van der Waals surface area contributed by atoms with E-state index in [4.69, 9.17) is 0 Å². The molecule has 0 N–H and O–H groups in total. The number of Topliss-reactive ketones (excluding diaryl/α,β-unsaturated/α-hetero) is 2. The first-order valence-corrected chi connectivity index (χ1v) is 6.88. The molecular formula is C16H14O2S. The molecule has 1 unspecified atom stereocenters. The zero-order valence-corrected chi connectivity index (χ0v) is 11.4. The van der Waals surface area contributed by atoms with Crippen LogP contribution in [-0.2, 0) is 4.79 Å². The molecule has 2 aromatic carbocycles. The second-order valence-corrected chi connectivity index (χ2v) is 5.33. The zero-order chi connectivity index (χ0) is 13.7. The molecule has 1 atom stereocenters. The molecular weight excluding hydrogens is 256 g/mol. The standard InChI is InChI=1S/C16H14O2S/c1-12(17)16(19-14-10-6-3-7-11-14)15(18)13-8-4-2-5-9-13/h2-11,16H,1H3. The summed E-state index contributed by atoms with van der Waals surface area (Å²) in [5.41, 5.74) is 0.575. The maximum atomic E-state index is 12.3. The normalized spacial score (nSPS) is 11.8. The Bertz CT molecular complexity index is 564. The summed E-state index contributed by atoms with van der Waals surface area (Å²) < 4.78 is 0. The molecule has 0 heterocycles. The molecule has 2 nitrogen and oxygen atoms in total. The van der Waals surface area contributed by atoms with Crippen molar-refractivity contribution in [3.63, 3.8) is 0 Å². The van der Waals surface area contributed by atoms with E-state index in [1.165, 1.54) is 18.7 Å². The molecule has 0 aliphatic rings. The van der Waals surface area contributed by atoms with Gasteiger partial charge >= 0.3 is 0 Å². The minimum Gasteiger partial charge on any atom is -0.298 e. The number of benzene rings is 2. The minimum absolute atomic E-state index is 0.122. The van der Waals surface area contributed by atoms with Gasteiger partial charge in [0.05, 0.1) is 0 Å². The van der Waals surface area contributed by atoms with Crippen LogP contribution in [0.4, 0.5) is 0 Å². The van der Waals surface area contributed by atoms with Crippen LogP contribution in [0, 0.1) is 0 Å². The van der Waals surface area contributed by atoms with E-state index >= 15 is 0 Å². The quantitative estimate of drug-likeness (QED) is 0.473. The highest BCUT2D eigenvalue weighted by Gasteiger charge is 2.25. The van der Waals surface area contributed by atoms with Gasteiger partial charge in [-0.15, -0.1) is 11.8 Å². The number of hydrogen-bond donors (Lipinski definition) is 0. The Morgan fingerprint density at radius 3 is 1.95 bits per heavy atom. The molecule has 0 fully saturated rings. The second-order valence-electron chi connectivity index (χ2n) is 4.15. The Labute approximate surface area is 116 Å². The number of rotatable bonds is 5. The molecule has 0 aliphatic carbocycles. The lowest BCUT2D eigenvalue weighted by Crippen LogP contribution is -2.24. The molecule has 0 aliphatic heterocycles. The van der Waals surface area contributed by atoms with Gasteiger partial charge in [0.15, 0.2) is 11.6 Å². The van der Waals surface area contributed by atoms with E-state index in [0.717, 1.165) is 4.90 Å². The van der Waals surface area contributed by atoms with Crippen LogP contribution in [0.1, 0.15) is 17.3 Å². The van der Waals surface area contributed by atoms with Crippen molar-refractivity contribution in [1.29, 1.82) is 0 Å². The first-order chi connectivity index (χ1) is 9.18. The average molecular weight is 270 g/mol. The second kappa shape index (κ2) is 6.34. The Morgan fingerprint density at radius 1 is 0.895 bits per heavy atom. The van der Waals surface area contributed by atoms with E-state index in [-0.39, 0.29) is 11.6 Å². The summed E-state index contributed by atoms with van der Waals surface area (Å²) in [6.07, 6.45) is 0. The molecule has 0 amide bonds. The number of ketones is 2. The molecule has 19 heavy (non-hydrogen) atoms. The van der Waals surface area contributed by atoms with Gasteiger partial charge in [-0.05, 0) is 19.1 Å². The van der Waals surface area contributed by atoms with Crippen LogP contribution >= 0.6 is 11.8 Å². The average Bonchev–Trinajstić information content (AvgIpc) is 2.46. The molecule has 0 radical (unpaired) electrons. The van der Waals surface area contributed by atoms with Crippen LogP contribution in [0.2, 0.25) is 0 Å². The van der Waals surface area contributed by atoms with Gasteiger partial charge in [0.1, 0.15) is 5.25 Å². The Hall–Kier alpha value is -1.87. The van der Waals surface area contributed by atoms with Crippen LogP contribution in [0.3, 0.4) is 0 Å². The molecule has 3 heteroatoms. The van der Waals surface area contributed by atoms with Gasteiger partial charge in [-0.1, -0.05) is 48.5 Å². The lowest BCUT2D eigenvalue weighted by molar-refractivity contribution is -0.115. The van der Waals surface area contributed by atoms with Gasteiger partial charge in [0.25, 0.3) is 0 Å². The van der Waals surface area contributed by atoms with Crippen molar-refractivity contribution < 1.29 is 9.59 Å². The van der Waals surface area contributed by atoms with Gasteiger partial charge in [0.2, 0.25) is 0 Å². The van der Waals surface area contributed by atoms with Crippen molar-refractivity contribution in [2.24, 2.45) is 0 Å². The fraction of sp³-hybridized carbons (Fsp3) is 0.125. The van der Waals surface area contributed by atoms with E-state index in [1.54, 1.807) is 24.3 Å². The third-order valence-electron chi connectivity index (χ3n) is 2.66. The largest absolute Gasteiger partial charge is 0.298 e. The van der Waals surface area contributed by atoms with Crippen molar-refractivity contribution in [2.75, 3.05) is 0 Å². The third-order valence-corrected chi connectivity index (χ3v) is 3.99. The summed E-state index contributed by atoms with van der Waals surface area (Å²) in [6.45, 7) is 1.46. The maximum absolute atomic E-state index is 12.3. The van der Waals surface area contributed by atoms with Crippen LogP contribution in [-0.4, -0.2) is 16.8 Å². The summed E-state index contributed by atoms with van der Waals surface area (Å²) in [5, 5.41) is -0.676. The Kier molecular flexibility index (Phi) is 4.53. The summed E-state index contributed by atoms with van der Waals surface area (Å²) in [6, 6.07) is 18.4. The lowest BCUT2D eigenvalue weighted by Gasteiger charge is -2.12. The highest BCUT2D eigenvalue weighted by Crippen LogP contribution is 2.26. The first kappa shape index (κ1) is 13.6. The van der Waals surface area contributed by atoms with Crippen molar-refractivity contribution in [2.45, 2.75) is 17.1 Å². The molecule has 0 saturated heterocycles. The number of carbonyl (C=O) groups is 2. The highest BCUT2D eigenvalue weighted by atomic mass is 32.2. The smallest absolute Gasteiger partial charge is 0.183 e. The van der Waals surface area contributed by atoms with Gasteiger partial charge in [-0.25, -0.2) is 0 Å². The third kappa shape index (κ3) is 3.55. The molecule has 2 aromatic rings. The summed E-state index contributed by atoms with van der Waals surface area (Å²) in [4.78, 5) is 25.0. The van der Waals surface area contributed by atoms with Crippen molar-refractivity contribution in [3.8, 4) is 0 Å². The van der Waals surface area contributed by atoms with E-state index in [0.29, 0.717) is 5.56 Å². The van der Waals surface area contributed by atoms with Crippen LogP contribution in [0.15, 0.2) is 65.6 Å². The first-order valence-electron chi connectivity index (χ1n) is 6.00. The number of thioether (sulfide) groups is 1. The molecule has 2 rings (SSSR count). The van der Waals surface area contributed by atoms with Gasteiger partial charge in [-0.3, -0.25) is 9.59 Å². The monoisotopic (exact) mass is 270 g/mol. The lowest BCUT2D eigenvalue weighted by atomic mass is 10.1. The van der Waals surface area contributed by atoms with E-state index in [2.05, 4.69) is 0 Å². The molecule has 0 spiro atoms. The number of hydrogen-bond acceptors (Lipinski definition) is 3. The summed E-state index contributed by atoms with van der Waals surface area (Å²) >= 11 is 1.30. The Balaban J connectivity index is 2.22. The minimum atomic E-state index is -0.676. The summed E-state index contributed by atoms with van der Waals surface area (Å²) in [7, 11) is 0. The van der Waals surface area contributed by atoms with Crippen LogP contribution in [0.25, 0.3) is 0 Å². The number of carbonyl (C=O) groups excluding carboxylic acids is 2. The van der Waals surface area contributed by atoms with Gasteiger partial charge in [0, 0.05) is 10.5 Å². The topological polar surface area (TPSA) is 34.1 Å². The van der Waals surface area contributed by atoms with E-state index in [1.807, 2.05) is 36.4 Å². The fourth-order valence-electron chi connectivity index (χ4n) is 1.71. The fourth-order valence-corrected chi connectivity index (χ4v) is 2.71. The molecule has 0 saturated carbocycles. The predicted octanol–water partition coefficient (Wildman–Crippen LogP) is 3.62. The van der Waals surface area contributed by atoms with E-state index in [9.17, 15) is 9.59 Å². The van der Waals surface area contributed by atoms with Crippen LogP contribution < -0.4 is 0 Å². The SMILES string of the molecule is CC(=O)C(Sc1ccccc1)C(=O)c1ccccc1. The van der Waals surface area contributed by atoms with Crippen molar-refractivity contribution >= 4 is 23.3 Å². The zero-order valence-electron chi connectivity index (χ0n) is 10.6.